The normalized spacial score (nSPS) is 15.2. The summed E-state index contributed by atoms with van der Waals surface area (Å²) < 4.78 is 4.58. The van der Waals surface area contributed by atoms with Crippen LogP contribution in [0.25, 0.3) is 38.9 Å². The monoisotopic (exact) mass is 480 g/mol. The van der Waals surface area contributed by atoms with E-state index in [1.165, 1.54) is 12.8 Å². The van der Waals surface area contributed by atoms with E-state index < -0.39 is 0 Å². The van der Waals surface area contributed by atoms with Crippen LogP contribution in [-0.4, -0.2) is 43.0 Å². The number of benzene rings is 2. The summed E-state index contributed by atoms with van der Waals surface area (Å²) in [5.74, 6) is 2.18. The molecule has 1 saturated heterocycles. The zero-order chi connectivity index (χ0) is 23.8. The molecule has 5 aromatic rings. The van der Waals surface area contributed by atoms with Crippen molar-refractivity contribution in [2.45, 2.75) is 19.3 Å². The van der Waals surface area contributed by atoms with Crippen LogP contribution >= 0.6 is 11.9 Å². The number of nitrogens with zero attached hydrogens (tertiary/aromatic N) is 5. The summed E-state index contributed by atoms with van der Waals surface area (Å²) in [6.45, 7) is 2.26. The summed E-state index contributed by atoms with van der Waals surface area (Å²) >= 11 is 1.84. The van der Waals surface area contributed by atoms with Gasteiger partial charge in [-0.15, -0.1) is 0 Å². The van der Waals surface area contributed by atoms with E-state index in [0.717, 1.165) is 64.3 Å². The smallest absolute Gasteiger partial charge is 0.150 e. The van der Waals surface area contributed by atoms with E-state index in [0.29, 0.717) is 11.7 Å². The SMILES string of the molecule is CSN1CCC(Cc2nc(-c3ccc4ccc(-c5ccccc5)nc4c3)c3c(N)nccn23)CC1. The number of fused-ring (bicyclic) bond motifs is 2. The van der Waals surface area contributed by atoms with Gasteiger partial charge >= 0.3 is 0 Å². The molecule has 0 unspecified atom stereocenters. The number of piperidine rings is 1. The van der Waals surface area contributed by atoms with Gasteiger partial charge in [-0.05, 0) is 37.1 Å². The standard InChI is InChI=1S/C28H28N6S/c1-35-33-14-11-19(12-15-33)17-25-32-26(27-28(29)30-13-16-34(25)27)22-8-7-21-9-10-23(31-24(21)18-22)20-5-3-2-4-6-20/h2-10,13,16,18-19H,11-12,14-15,17H2,1H3,(H2,29,30). The molecule has 35 heavy (non-hydrogen) atoms. The number of nitrogens with two attached hydrogens (primary N) is 1. The van der Waals surface area contributed by atoms with Crippen LogP contribution in [-0.2, 0) is 6.42 Å². The maximum Gasteiger partial charge on any atom is 0.150 e. The van der Waals surface area contributed by atoms with E-state index in [-0.39, 0.29) is 0 Å². The number of hydrogen-bond acceptors (Lipinski definition) is 6. The van der Waals surface area contributed by atoms with E-state index in [4.69, 9.17) is 15.7 Å². The molecule has 6 nitrogen and oxygen atoms in total. The molecule has 0 saturated carbocycles. The predicted octanol–water partition coefficient (Wildman–Crippen LogP) is 5.73. The Labute approximate surface area is 209 Å². The highest BCUT2D eigenvalue weighted by molar-refractivity contribution is 7.96. The molecule has 0 radical (unpaired) electrons. The van der Waals surface area contributed by atoms with Gasteiger partial charge in [-0.3, -0.25) is 8.71 Å². The van der Waals surface area contributed by atoms with Gasteiger partial charge in [0.2, 0.25) is 0 Å². The first-order valence-corrected chi connectivity index (χ1v) is 13.2. The number of anilines is 1. The van der Waals surface area contributed by atoms with Gasteiger partial charge in [0.1, 0.15) is 22.9 Å². The fourth-order valence-corrected chi connectivity index (χ4v) is 5.64. The Hall–Kier alpha value is -3.42. The molecule has 0 bridgehead atoms. The van der Waals surface area contributed by atoms with Crippen LogP contribution in [0.5, 0.6) is 0 Å². The first kappa shape index (κ1) is 22.1. The molecular weight excluding hydrogens is 452 g/mol. The maximum absolute atomic E-state index is 6.39. The molecule has 2 N–H and O–H groups in total. The van der Waals surface area contributed by atoms with Crippen LogP contribution in [0.15, 0.2) is 73.1 Å². The quantitative estimate of drug-likeness (QED) is 0.324. The summed E-state index contributed by atoms with van der Waals surface area (Å²) in [5.41, 5.74) is 12.2. The van der Waals surface area contributed by atoms with Crippen molar-refractivity contribution < 1.29 is 0 Å². The lowest BCUT2D eigenvalue weighted by molar-refractivity contribution is 0.288. The molecule has 176 valence electrons. The molecule has 2 aromatic carbocycles. The molecule has 4 heterocycles. The van der Waals surface area contributed by atoms with E-state index in [1.54, 1.807) is 6.20 Å². The second-order valence-corrected chi connectivity index (χ2v) is 10.0. The largest absolute Gasteiger partial charge is 0.382 e. The first-order valence-electron chi connectivity index (χ1n) is 12.1. The van der Waals surface area contributed by atoms with Gasteiger partial charge in [0.25, 0.3) is 0 Å². The lowest BCUT2D eigenvalue weighted by Gasteiger charge is -2.29. The fraction of sp³-hybridized carbons (Fsp3) is 0.250. The number of imidazole rings is 1. The number of nitrogen functional groups attached to an aromatic ring is 1. The van der Waals surface area contributed by atoms with Crippen LogP contribution < -0.4 is 5.73 Å². The van der Waals surface area contributed by atoms with Crippen molar-refractivity contribution in [3.63, 3.8) is 0 Å². The first-order chi connectivity index (χ1) is 17.2. The maximum atomic E-state index is 6.39. The third-order valence-electron chi connectivity index (χ3n) is 6.99. The molecule has 0 spiro atoms. The van der Waals surface area contributed by atoms with E-state index in [2.05, 4.69) is 62.4 Å². The molecular formula is C28H28N6S. The predicted molar refractivity (Wildman–Crippen MR) is 145 cm³/mol. The van der Waals surface area contributed by atoms with Gasteiger partial charge in [0.05, 0.1) is 11.2 Å². The topological polar surface area (TPSA) is 72.3 Å². The van der Waals surface area contributed by atoms with Crippen LogP contribution in [0.3, 0.4) is 0 Å². The minimum absolute atomic E-state index is 0.504. The van der Waals surface area contributed by atoms with E-state index in [9.17, 15) is 0 Å². The van der Waals surface area contributed by atoms with Gasteiger partial charge in [-0.1, -0.05) is 60.5 Å². The second kappa shape index (κ2) is 9.32. The van der Waals surface area contributed by atoms with Crippen molar-refractivity contribution in [1.29, 1.82) is 0 Å². The van der Waals surface area contributed by atoms with Gasteiger partial charge in [0.15, 0.2) is 0 Å². The molecule has 1 aliphatic rings. The average molecular weight is 481 g/mol. The van der Waals surface area contributed by atoms with Gasteiger partial charge in [0, 0.05) is 48.4 Å². The molecule has 6 rings (SSSR count). The third-order valence-corrected chi connectivity index (χ3v) is 7.88. The van der Waals surface area contributed by atoms with Crippen LogP contribution in [0, 0.1) is 5.92 Å². The number of hydrogen-bond donors (Lipinski definition) is 1. The summed E-state index contributed by atoms with van der Waals surface area (Å²) in [6.07, 6.45) is 9.23. The fourth-order valence-electron chi connectivity index (χ4n) is 5.06. The highest BCUT2D eigenvalue weighted by Gasteiger charge is 2.23. The van der Waals surface area contributed by atoms with Crippen molar-refractivity contribution in [3.05, 3.63) is 78.9 Å². The minimum atomic E-state index is 0.504. The summed E-state index contributed by atoms with van der Waals surface area (Å²) in [4.78, 5) is 14.5. The lowest BCUT2D eigenvalue weighted by Crippen LogP contribution is -2.29. The number of aromatic nitrogens is 4. The Morgan fingerprint density at radius 2 is 1.77 bits per heavy atom. The molecule has 0 amide bonds. The highest BCUT2D eigenvalue weighted by Crippen LogP contribution is 2.32. The van der Waals surface area contributed by atoms with Crippen molar-refractivity contribution >= 4 is 34.2 Å². The summed E-state index contributed by atoms with van der Waals surface area (Å²) in [5, 5.41) is 1.10. The van der Waals surface area contributed by atoms with Crippen LogP contribution in [0.2, 0.25) is 0 Å². The van der Waals surface area contributed by atoms with E-state index in [1.807, 2.05) is 36.3 Å². The Kier molecular flexibility index (Phi) is 5.88. The number of rotatable bonds is 5. The lowest BCUT2D eigenvalue weighted by atomic mass is 9.94. The van der Waals surface area contributed by atoms with Crippen LogP contribution in [0.1, 0.15) is 18.7 Å². The Bertz CT molecular complexity index is 1490. The number of pyridine rings is 1. The molecule has 0 aliphatic carbocycles. The zero-order valence-electron chi connectivity index (χ0n) is 19.8. The van der Waals surface area contributed by atoms with Crippen molar-refractivity contribution in [3.8, 4) is 22.5 Å². The third kappa shape index (κ3) is 4.26. The van der Waals surface area contributed by atoms with Crippen molar-refractivity contribution in [1.82, 2.24) is 23.7 Å². The molecule has 1 fully saturated rings. The van der Waals surface area contributed by atoms with Gasteiger partial charge < -0.3 is 5.73 Å². The highest BCUT2D eigenvalue weighted by atomic mass is 32.2. The summed E-state index contributed by atoms with van der Waals surface area (Å²) in [7, 11) is 0. The summed E-state index contributed by atoms with van der Waals surface area (Å²) in [6, 6.07) is 20.8. The van der Waals surface area contributed by atoms with Crippen LogP contribution in [0.4, 0.5) is 5.82 Å². The molecule has 7 heteroatoms. The Balaban J connectivity index is 1.40. The average Bonchev–Trinajstić information content (AvgIpc) is 3.28. The van der Waals surface area contributed by atoms with Gasteiger partial charge in [-0.2, -0.15) is 0 Å². The zero-order valence-corrected chi connectivity index (χ0v) is 20.6. The van der Waals surface area contributed by atoms with Crippen molar-refractivity contribution in [2.24, 2.45) is 5.92 Å². The molecule has 3 aromatic heterocycles. The second-order valence-electron chi connectivity index (χ2n) is 9.14. The minimum Gasteiger partial charge on any atom is -0.382 e. The Morgan fingerprint density at radius 1 is 0.971 bits per heavy atom. The van der Waals surface area contributed by atoms with Gasteiger partial charge in [-0.25, -0.2) is 15.0 Å². The van der Waals surface area contributed by atoms with E-state index >= 15 is 0 Å². The Morgan fingerprint density at radius 3 is 2.57 bits per heavy atom. The molecule has 1 aliphatic heterocycles. The van der Waals surface area contributed by atoms with Crippen molar-refractivity contribution in [2.75, 3.05) is 25.1 Å². The molecule has 0 atom stereocenters.